The van der Waals surface area contributed by atoms with Gasteiger partial charge in [-0.25, -0.2) is 4.79 Å². The van der Waals surface area contributed by atoms with Gasteiger partial charge in [-0.1, -0.05) is 13.3 Å². The van der Waals surface area contributed by atoms with E-state index in [-0.39, 0.29) is 18.0 Å². The number of carboxylic acid groups (broad SMARTS) is 1. The number of unbranched alkanes of at least 4 members (excludes halogenated alkanes) is 2. The molecule has 0 aromatic carbocycles. The Hall–Kier alpha value is -1.26. The van der Waals surface area contributed by atoms with Gasteiger partial charge in [0.25, 0.3) is 0 Å². The van der Waals surface area contributed by atoms with Crippen LogP contribution < -0.4 is 10.6 Å². The molecule has 0 fully saturated rings. The van der Waals surface area contributed by atoms with Crippen molar-refractivity contribution in [2.45, 2.75) is 58.4 Å². The molecule has 0 aliphatic carbocycles. The zero-order valence-corrected chi connectivity index (χ0v) is 11.0. The molecule has 0 spiro atoms. The fraction of sp³-hybridized carbons (Fsp3) is 0.833. The Labute approximate surface area is 103 Å². The number of nitrogens with one attached hydrogen (secondary N) is 2. The van der Waals surface area contributed by atoms with Gasteiger partial charge in [-0.3, -0.25) is 4.79 Å². The monoisotopic (exact) mass is 244 g/mol. The van der Waals surface area contributed by atoms with Gasteiger partial charge in [0, 0.05) is 18.5 Å². The maximum Gasteiger partial charge on any atom is 0.315 e. The second-order valence-electron chi connectivity index (χ2n) is 4.82. The number of hydrogen-bond acceptors (Lipinski definition) is 2. The maximum absolute atomic E-state index is 11.4. The van der Waals surface area contributed by atoms with Gasteiger partial charge in [-0.05, 0) is 33.1 Å². The molecule has 0 heterocycles. The highest BCUT2D eigenvalue weighted by Crippen LogP contribution is 2.06. The summed E-state index contributed by atoms with van der Waals surface area (Å²) in [5, 5.41) is 14.1. The van der Waals surface area contributed by atoms with E-state index in [1.807, 2.05) is 20.8 Å². The van der Waals surface area contributed by atoms with Crippen LogP contribution in [0.25, 0.3) is 0 Å². The van der Waals surface area contributed by atoms with E-state index in [0.29, 0.717) is 13.0 Å². The largest absolute Gasteiger partial charge is 0.481 e. The molecule has 0 aromatic heterocycles. The minimum atomic E-state index is -0.764. The van der Waals surface area contributed by atoms with Crippen molar-refractivity contribution in [3.63, 3.8) is 0 Å². The fourth-order valence-corrected chi connectivity index (χ4v) is 1.22. The highest BCUT2D eigenvalue weighted by molar-refractivity contribution is 5.74. The Morgan fingerprint density at radius 2 is 1.82 bits per heavy atom. The number of rotatable bonds is 8. The van der Waals surface area contributed by atoms with Crippen LogP contribution in [-0.4, -0.2) is 29.2 Å². The number of amides is 2. The molecule has 0 saturated heterocycles. The minimum Gasteiger partial charge on any atom is -0.481 e. The molecule has 0 saturated carbocycles. The molecule has 0 radical (unpaired) electrons. The molecule has 100 valence electrons. The summed E-state index contributed by atoms with van der Waals surface area (Å²) in [6.07, 6.45) is 3.38. The first-order chi connectivity index (χ1) is 7.87. The van der Waals surface area contributed by atoms with Crippen LogP contribution in [0.3, 0.4) is 0 Å². The Kier molecular flexibility index (Phi) is 7.34. The van der Waals surface area contributed by atoms with Gasteiger partial charge < -0.3 is 15.7 Å². The van der Waals surface area contributed by atoms with Gasteiger partial charge in [0.05, 0.1) is 0 Å². The maximum atomic E-state index is 11.4. The number of carboxylic acids is 1. The minimum absolute atomic E-state index is 0.157. The second kappa shape index (κ2) is 7.92. The molecule has 0 bridgehead atoms. The Bertz CT molecular complexity index is 252. The summed E-state index contributed by atoms with van der Waals surface area (Å²) in [6, 6.07) is -0.157. The lowest BCUT2D eigenvalue weighted by Gasteiger charge is -2.24. The van der Waals surface area contributed by atoms with Gasteiger partial charge in [0.2, 0.25) is 0 Å². The molecule has 0 aliphatic heterocycles. The van der Waals surface area contributed by atoms with E-state index >= 15 is 0 Å². The van der Waals surface area contributed by atoms with Crippen LogP contribution in [0.1, 0.15) is 52.9 Å². The summed E-state index contributed by atoms with van der Waals surface area (Å²) < 4.78 is 0. The van der Waals surface area contributed by atoms with Gasteiger partial charge in [0.15, 0.2) is 0 Å². The molecule has 5 nitrogen and oxygen atoms in total. The van der Waals surface area contributed by atoms with Crippen molar-refractivity contribution in [3.05, 3.63) is 0 Å². The van der Waals surface area contributed by atoms with Crippen molar-refractivity contribution in [1.29, 1.82) is 0 Å². The van der Waals surface area contributed by atoms with Crippen molar-refractivity contribution in [2.24, 2.45) is 0 Å². The molecule has 17 heavy (non-hydrogen) atoms. The first-order valence-corrected chi connectivity index (χ1v) is 6.15. The molecule has 5 heteroatoms. The molecule has 0 unspecified atom stereocenters. The van der Waals surface area contributed by atoms with Crippen LogP contribution in [-0.2, 0) is 4.79 Å². The summed E-state index contributed by atoms with van der Waals surface area (Å²) in [6.45, 7) is 6.55. The number of carbonyl (C=O) groups is 2. The van der Waals surface area contributed by atoms with Gasteiger partial charge >= 0.3 is 12.0 Å². The summed E-state index contributed by atoms with van der Waals surface area (Å²) in [7, 11) is 0. The van der Waals surface area contributed by atoms with Gasteiger partial charge in [0.1, 0.15) is 0 Å². The Morgan fingerprint density at radius 1 is 1.18 bits per heavy atom. The number of urea groups is 1. The zero-order valence-electron chi connectivity index (χ0n) is 11.0. The summed E-state index contributed by atoms with van der Waals surface area (Å²) in [5.41, 5.74) is -0.187. The standard InChI is InChI=1S/C12H24N2O3/c1-4-12(2,3)14-11(17)13-9-7-5-6-8-10(15)16/h4-9H2,1-3H3,(H,15,16)(H2,13,14,17). The van der Waals surface area contributed by atoms with E-state index in [4.69, 9.17) is 5.11 Å². The van der Waals surface area contributed by atoms with Crippen molar-refractivity contribution in [2.75, 3.05) is 6.54 Å². The summed E-state index contributed by atoms with van der Waals surface area (Å²) >= 11 is 0. The van der Waals surface area contributed by atoms with Crippen molar-refractivity contribution < 1.29 is 14.7 Å². The first kappa shape index (κ1) is 15.7. The van der Waals surface area contributed by atoms with Crippen molar-refractivity contribution >= 4 is 12.0 Å². The van der Waals surface area contributed by atoms with Crippen LogP contribution in [0.4, 0.5) is 4.79 Å². The van der Waals surface area contributed by atoms with Crippen molar-refractivity contribution in [3.8, 4) is 0 Å². The summed E-state index contributed by atoms with van der Waals surface area (Å²) in [5.74, 6) is -0.764. The Balaban J connectivity index is 3.49. The average Bonchev–Trinajstić information content (AvgIpc) is 2.22. The van der Waals surface area contributed by atoms with E-state index in [0.717, 1.165) is 19.3 Å². The zero-order chi connectivity index (χ0) is 13.3. The molecule has 0 aliphatic rings. The molecule has 2 amide bonds. The van der Waals surface area contributed by atoms with E-state index in [1.54, 1.807) is 0 Å². The van der Waals surface area contributed by atoms with Crippen LogP contribution in [0.15, 0.2) is 0 Å². The lowest BCUT2D eigenvalue weighted by molar-refractivity contribution is -0.137. The number of carbonyl (C=O) groups excluding carboxylic acids is 1. The average molecular weight is 244 g/mol. The van der Waals surface area contributed by atoms with E-state index in [1.165, 1.54) is 0 Å². The van der Waals surface area contributed by atoms with E-state index in [2.05, 4.69) is 10.6 Å². The number of hydrogen-bond donors (Lipinski definition) is 3. The lowest BCUT2D eigenvalue weighted by Crippen LogP contribution is -2.48. The van der Waals surface area contributed by atoms with Crippen LogP contribution in [0.5, 0.6) is 0 Å². The van der Waals surface area contributed by atoms with Gasteiger partial charge in [-0.2, -0.15) is 0 Å². The lowest BCUT2D eigenvalue weighted by atomic mass is 10.0. The topological polar surface area (TPSA) is 78.4 Å². The third kappa shape index (κ3) is 9.66. The fourth-order valence-electron chi connectivity index (χ4n) is 1.22. The van der Waals surface area contributed by atoms with Crippen LogP contribution >= 0.6 is 0 Å². The predicted molar refractivity (Wildman–Crippen MR) is 67.0 cm³/mol. The predicted octanol–water partition coefficient (Wildman–Crippen LogP) is 2.12. The molecule has 3 N–H and O–H groups in total. The molecular formula is C12H24N2O3. The molecular weight excluding hydrogens is 220 g/mol. The van der Waals surface area contributed by atoms with Crippen LogP contribution in [0.2, 0.25) is 0 Å². The third-order valence-electron chi connectivity index (χ3n) is 2.69. The highest BCUT2D eigenvalue weighted by Gasteiger charge is 2.16. The van der Waals surface area contributed by atoms with Gasteiger partial charge in [-0.15, -0.1) is 0 Å². The molecule has 0 aromatic rings. The Morgan fingerprint density at radius 3 is 2.35 bits per heavy atom. The normalized spacial score (nSPS) is 11.0. The smallest absolute Gasteiger partial charge is 0.315 e. The second-order valence-corrected chi connectivity index (χ2v) is 4.82. The highest BCUT2D eigenvalue weighted by atomic mass is 16.4. The van der Waals surface area contributed by atoms with E-state index in [9.17, 15) is 9.59 Å². The van der Waals surface area contributed by atoms with E-state index < -0.39 is 5.97 Å². The molecule has 0 rings (SSSR count). The quantitative estimate of drug-likeness (QED) is 0.572. The number of aliphatic carboxylic acids is 1. The first-order valence-electron chi connectivity index (χ1n) is 6.15. The van der Waals surface area contributed by atoms with Crippen molar-refractivity contribution in [1.82, 2.24) is 10.6 Å². The summed E-state index contributed by atoms with van der Waals surface area (Å²) in [4.78, 5) is 21.7. The SMILES string of the molecule is CCC(C)(C)NC(=O)NCCCCCC(=O)O. The third-order valence-corrected chi connectivity index (χ3v) is 2.69. The molecule has 0 atom stereocenters. The van der Waals surface area contributed by atoms with Crippen LogP contribution in [0, 0.1) is 0 Å².